The maximum atomic E-state index is 11.2. The van der Waals surface area contributed by atoms with Gasteiger partial charge in [0.25, 0.3) is 0 Å². The van der Waals surface area contributed by atoms with Crippen molar-refractivity contribution in [1.29, 1.82) is 0 Å². The Balaban J connectivity index is 2.67. The van der Waals surface area contributed by atoms with Gasteiger partial charge in [-0.15, -0.1) is 0 Å². The molecule has 2 N–H and O–H groups in total. The van der Waals surface area contributed by atoms with E-state index in [-0.39, 0.29) is 5.92 Å². The van der Waals surface area contributed by atoms with Crippen LogP contribution in [0, 0.1) is 5.92 Å². The summed E-state index contributed by atoms with van der Waals surface area (Å²) < 4.78 is 5.00. The number of methoxy groups -OCH3 is 1. The van der Waals surface area contributed by atoms with Crippen LogP contribution in [-0.4, -0.2) is 37.4 Å². The lowest BCUT2D eigenvalue weighted by atomic mass is 9.85. The van der Waals surface area contributed by atoms with Gasteiger partial charge in [-0.25, -0.2) is 0 Å². The molecule has 0 bridgehead atoms. The van der Waals surface area contributed by atoms with E-state index >= 15 is 0 Å². The van der Waals surface area contributed by atoms with Crippen LogP contribution in [0.1, 0.15) is 25.7 Å². The minimum absolute atomic E-state index is 0.199. The van der Waals surface area contributed by atoms with Gasteiger partial charge in [0.15, 0.2) is 0 Å². The summed E-state index contributed by atoms with van der Waals surface area (Å²) in [6.07, 6.45) is 3.52. The molecule has 14 heavy (non-hydrogen) atoms. The number of carbonyl (C=O) groups is 1. The maximum Gasteiger partial charge on any atom is 0.324 e. The molecular formula is C10H19NO3. The van der Waals surface area contributed by atoms with E-state index in [1.807, 2.05) is 0 Å². The number of rotatable bonds is 5. The second-order valence-corrected chi connectivity index (χ2v) is 3.90. The molecule has 2 unspecified atom stereocenters. The zero-order chi connectivity index (χ0) is 10.6. The van der Waals surface area contributed by atoms with Gasteiger partial charge in [0.2, 0.25) is 0 Å². The largest absolute Gasteiger partial charge is 0.480 e. The predicted molar refractivity (Wildman–Crippen MR) is 53.3 cm³/mol. The number of hydrogen-bond donors (Lipinski definition) is 2. The maximum absolute atomic E-state index is 11.2. The van der Waals surface area contributed by atoms with Crippen molar-refractivity contribution in [3.05, 3.63) is 0 Å². The molecule has 0 amide bonds. The highest BCUT2D eigenvalue weighted by molar-refractivity contribution is 5.79. The van der Waals surface area contributed by atoms with Crippen molar-refractivity contribution in [2.24, 2.45) is 5.92 Å². The molecule has 2 atom stereocenters. The summed E-state index contributed by atoms with van der Waals surface area (Å²) in [5.74, 6) is -0.524. The van der Waals surface area contributed by atoms with E-state index in [0.717, 1.165) is 25.7 Å². The van der Waals surface area contributed by atoms with Gasteiger partial charge in [-0.3, -0.25) is 4.79 Å². The molecule has 1 aliphatic rings. The molecule has 1 fully saturated rings. The minimum atomic E-state index is -0.724. The van der Waals surface area contributed by atoms with Gasteiger partial charge in [-0.05, 0) is 32.2 Å². The smallest absolute Gasteiger partial charge is 0.324 e. The fourth-order valence-electron chi connectivity index (χ4n) is 2.45. The van der Waals surface area contributed by atoms with E-state index in [0.29, 0.717) is 6.61 Å². The van der Waals surface area contributed by atoms with Gasteiger partial charge in [0.05, 0.1) is 0 Å². The first-order chi connectivity index (χ1) is 6.67. The Bertz CT molecular complexity index is 208. The lowest BCUT2D eigenvalue weighted by molar-refractivity contribution is -0.146. The summed E-state index contributed by atoms with van der Waals surface area (Å²) in [5.41, 5.74) is -0.710. The van der Waals surface area contributed by atoms with Gasteiger partial charge in [0.1, 0.15) is 5.54 Å². The van der Waals surface area contributed by atoms with E-state index < -0.39 is 11.5 Å². The van der Waals surface area contributed by atoms with Gasteiger partial charge in [-0.1, -0.05) is 6.42 Å². The Morgan fingerprint density at radius 1 is 1.71 bits per heavy atom. The summed E-state index contributed by atoms with van der Waals surface area (Å²) in [7, 11) is 3.38. The predicted octanol–water partition coefficient (Wildman–Crippen LogP) is 0.866. The fourth-order valence-corrected chi connectivity index (χ4v) is 2.45. The zero-order valence-corrected chi connectivity index (χ0v) is 8.88. The Labute approximate surface area is 84.6 Å². The van der Waals surface area contributed by atoms with Crippen LogP contribution >= 0.6 is 0 Å². The topological polar surface area (TPSA) is 58.6 Å². The highest BCUT2D eigenvalue weighted by Crippen LogP contribution is 2.37. The van der Waals surface area contributed by atoms with Crippen molar-refractivity contribution in [2.75, 3.05) is 20.8 Å². The molecule has 82 valence electrons. The number of hydrogen-bond acceptors (Lipinski definition) is 3. The molecule has 0 heterocycles. The van der Waals surface area contributed by atoms with Crippen LogP contribution in [0.4, 0.5) is 0 Å². The minimum Gasteiger partial charge on any atom is -0.480 e. The lowest BCUT2D eigenvalue weighted by Gasteiger charge is -2.30. The van der Waals surface area contributed by atoms with E-state index in [4.69, 9.17) is 4.74 Å². The Morgan fingerprint density at radius 2 is 2.43 bits per heavy atom. The third kappa shape index (κ3) is 1.91. The quantitative estimate of drug-likeness (QED) is 0.693. The lowest BCUT2D eigenvalue weighted by Crippen LogP contribution is -2.53. The van der Waals surface area contributed by atoms with E-state index in [2.05, 4.69) is 5.32 Å². The van der Waals surface area contributed by atoms with Crippen LogP contribution in [0.25, 0.3) is 0 Å². The van der Waals surface area contributed by atoms with Crippen molar-refractivity contribution in [1.82, 2.24) is 5.32 Å². The second-order valence-electron chi connectivity index (χ2n) is 3.90. The molecule has 0 aromatic rings. The monoisotopic (exact) mass is 201 g/mol. The van der Waals surface area contributed by atoms with Crippen molar-refractivity contribution < 1.29 is 14.6 Å². The number of likely N-dealkylation sites (N-methyl/N-ethyl adjacent to an activating group) is 1. The van der Waals surface area contributed by atoms with Crippen LogP contribution in [0.15, 0.2) is 0 Å². The number of carboxylic acids is 1. The van der Waals surface area contributed by atoms with Crippen molar-refractivity contribution >= 4 is 5.97 Å². The number of carboxylic acid groups (broad SMARTS) is 1. The van der Waals surface area contributed by atoms with E-state index in [1.54, 1.807) is 14.2 Å². The summed E-state index contributed by atoms with van der Waals surface area (Å²) in [5, 5.41) is 12.2. The normalized spacial score (nSPS) is 32.0. The van der Waals surface area contributed by atoms with E-state index in [9.17, 15) is 9.90 Å². The first-order valence-electron chi connectivity index (χ1n) is 5.08. The van der Waals surface area contributed by atoms with Crippen molar-refractivity contribution in [3.8, 4) is 0 Å². The summed E-state index contributed by atoms with van der Waals surface area (Å²) in [6.45, 7) is 0.640. The highest BCUT2D eigenvalue weighted by Gasteiger charge is 2.47. The Morgan fingerprint density at radius 3 is 2.93 bits per heavy atom. The first kappa shape index (κ1) is 11.5. The molecule has 0 aliphatic heterocycles. The van der Waals surface area contributed by atoms with Gasteiger partial charge < -0.3 is 15.2 Å². The molecule has 0 spiro atoms. The molecule has 0 saturated heterocycles. The van der Waals surface area contributed by atoms with Gasteiger partial charge in [0, 0.05) is 13.7 Å². The highest BCUT2D eigenvalue weighted by atomic mass is 16.5. The number of nitrogens with one attached hydrogen (secondary N) is 1. The van der Waals surface area contributed by atoms with Crippen molar-refractivity contribution in [3.63, 3.8) is 0 Å². The van der Waals surface area contributed by atoms with Gasteiger partial charge in [-0.2, -0.15) is 0 Å². The first-order valence-corrected chi connectivity index (χ1v) is 5.08. The second kappa shape index (κ2) is 4.75. The Hall–Kier alpha value is -0.610. The van der Waals surface area contributed by atoms with Crippen LogP contribution < -0.4 is 5.32 Å². The molecule has 0 aromatic carbocycles. The van der Waals surface area contributed by atoms with Crippen LogP contribution in [0.3, 0.4) is 0 Å². The number of ether oxygens (including phenoxy) is 1. The third-order valence-electron chi connectivity index (χ3n) is 3.32. The Kier molecular flexibility index (Phi) is 3.89. The molecular weight excluding hydrogens is 182 g/mol. The summed E-state index contributed by atoms with van der Waals surface area (Å²) in [4.78, 5) is 11.2. The average Bonchev–Trinajstić information content (AvgIpc) is 2.58. The SMILES string of the molecule is CNC1(C(=O)O)CCCC1CCOC. The fraction of sp³-hybridized carbons (Fsp3) is 0.900. The summed E-state index contributed by atoms with van der Waals surface area (Å²) >= 11 is 0. The van der Waals surface area contributed by atoms with Gasteiger partial charge >= 0.3 is 5.97 Å². The zero-order valence-electron chi connectivity index (χ0n) is 8.88. The molecule has 1 saturated carbocycles. The average molecular weight is 201 g/mol. The van der Waals surface area contributed by atoms with Crippen LogP contribution in [0.2, 0.25) is 0 Å². The molecule has 0 radical (unpaired) electrons. The van der Waals surface area contributed by atoms with Crippen LogP contribution in [0.5, 0.6) is 0 Å². The number of aliphatic carboxylic acids is 1. The molecule has 1 aliphatic carbocycles. The molecule has 4 heteroatoms. The van der Waals surface area contributed by atoms with E-state index in [1.165, 1.54) is 0 Å². The molecule has 1 rings (SSSR count). The molecule has 4 nitrogen and oxygen atoms in total. The van der Waals surface area contributed by atoms with Crippen LogP contribution in [-0.2, 0) is 9.53 Å². The van der Waals surface area contributed by atoms with Crippen molar-refractivity contribution in [2.45, 2.75) is 31.2 Å². The standard InChI is InChI=1S/C10H19NO3/c1-11-10(9(12)13)6-3-4-8(10)5-7-14-2/h8,11H,3-7H2,1-2H3,(H,12,13). The summed E-state index contributed by atoms with van der Waals surface area (Å²) in [6, 6.07) is 0. The third-order valence-corrected chi connectivity index (χ3v) is 3.32. The molecule has 0 aromatic heterocycles.